The highest BCUT2D eigenvalue weighted by atomic mass is 35.5. The van der Waals surface area contributed by atoms with Crippen molar-refractivity contribution in [3.8, 4) is 0 Å². The molecular weight excluding hydrogens is 364 g/mol. The van der Waals surface area contributed by atoms with E-state index in [9.17, 15) is 19.7 Å². The number of hydrogen-bond donors (Lipinski definition) is 2. The number of carbonyl (C=O) groups is 2. The smallest absolute Gasteiger partial charge is 0.287 e. The predicted octanol–water partition coefficient (Wildman–Crippen LogP) is 2.65. The first-order chi connectivity index (χ1) is 12.4. The van der Waals surface area contributed by atoms with Crippen LogP contribution in [0.4, 0.5) is 5.69 Å². The van der Waals surface area contributed by atoms with Gasteiger partial charge in [0.25, 0.3) is 11.6 Å². The van der Waals surface area contributed by atoms with E-state index in [4.69, 9.17) is 16.0 Å². The molecule has 0 radical (unpaired) electrons. The third kappa shape index (κ3) is 5.42. The Morgan fingerprint density at radius 3 is 2.73 bits per heavy atom. The molecule has 26 heavy (non-hydrogen) atoms. The summed E-state index contributed by atoms with van der Waals surface area (Å²) in [4.78, 5) is 33.8. The van der Waals surface area contributed by atoms with Crippen LogP contribution in [0.5, 0.6) is 0 Å². The first-order valence-corrected chi connectivity index (χ1v) is 7.81. The first kappa shape index (κ1) is 19.1. The minimum Gasteiger partial charge on any atom is -0.467 e. The third-order valence-electron chi connectivity index (χ3n) is 3.21. The Bertz CT molecular complexity index is 848. The van der Waals surface area contributed by atoms with Gasteiger partial charge in [0.2, 0.25) is 5.91 Å². The van der Waals surface area contributed by atoms with E-state index < -0.39 is 10.8 Å². The molecule has 0 aliphatic heterocycles. The summed E-state index contributed by atoms with van der Waals surface area (Å²) in [7, 11) is 0. The summed E-state index contributed by atoms with van der Waals surface area (Å²) in [5.41, 5.74) is 2.47. The number of amides is 2. The lowest BCUT2D eigenvalue weighted by Crippen LogP contribution is -2.26. The average molecular weight is 379 g/mol. The zero-order chi connectivity index (χ0) is 19.1. The van der Waals surface area contributed by atoms with E-state index in [-0.39, 0.29) is 35.1 Å². The fraction of sp³-hybridized carbons (Fsp3) is 0.188. The maximum absolute atomic E-state index is 12.0. The van der Waals surface area contributed by atoms with Crippen LogP contribution < -0.4 is 10.7 Å². The van der Waals surface area contributed by atoms with Gasteiger partial charge in [-0.15, -0.1) is 0 Å². The summed E-state index contributed by atoms with van der Waals surface area (Å²) in [5.74, 6) is -0.260. The molecule has 2 rings (SSSR count). The van der Waals surface area contributed by atoms with E-state index in [1.54, 1.807) is 19.1 Å². The molecule has 1 aromatic carbocycles. The van der Waals surface area contributed by atoms with Gasteiger partial charge in [-0.1, -0.05) is 11.6 Å². The molecule has 2 aromatic rings. The standard InChI is InChI=1S/C16H15ClN4O5/c1-10(7-15(22)18-9-12-3-2-6-26-12)19-20-16(23)11-4-5-14(21(24)25)13(17)8-11/h2-6,8H,7,9H2,1H3,(H,18,22)(H,20,23). The molecule has 9 nitrogen and oxygen atoms in total. The van der Waals surface area contributed by atoms with Crippen LogP contribution >= 0.6 is 11.6 Å². The van der Waals surface area contributed by atoms with Gasteiger partial charge in [-0.05, 0) is 31.2 Å². The normalized spacial score (nSPS) is 11.1. The summed E-state index contributed by atoms with van der Waals surface area (Å²) < 4.78 is 5.09. The number of benzene rings is 1. The molecule has 1 aromatic heterocycles. The molecule has 0 unspecified atom stereocenters. The quantitative estimate of drug-likeness (QED) is 0.435. The van der Waals surface area contributed by atoms with Gasteiger partial charge in [0, 0.05) is 17.3 Å². The number of nitrogens with zero attached hydrogens (tertiary/aromatic N) is 2. The molecule has 0 atom stereocenters. The predicted molar refractivity (Wildman–Crippen MR) is 93.9 cm³/mol. The van der Waals surface area contributed by atoms with Gasteiger partial charge in [-0.2, -0.15) is 5.10 Å². The molecule has 0 fully saturated rings. The molecule has 2 amide bonds. The SMILES string of the molecule is CC(CC(=O)NCc1ccco1)=NNC(=O)c1ccc([N+](=O)[O-])c(Cl)c1. The fourth-order valence-electron chi connectivity index (χ4n) is 1.94. The zero-order valence-corrected chi connectivity index (χ0v) is 14.4. The molecule has 0 aliphatic carbocycles. The van der Waals surface area contributed by atoms with Crippen molar-refractivity contribution in [2.45, 2.75) is 19.9 Å². The van der Waals surface area contributed by atoms with Gasteiger partial charge in [0.05, 0.1) is 24.2 Å². The van der Waals surface area contributed by atoms with Crippen LogP contribution in [0.1, 0.15) is 29.5 Å². The monoisotopic (exact) mass is 378 g/mol. The van der Waals surface area contributed by atoms with Crippen molar-refractivity contribution in [3.63, 3.8) is 0 Å². The Kier molecular flexibility index (Phi) is 6.45. The van der Waals surface area contributed by atoms with Crippen molar-refractivity contribution in [2.24, 2.45) is 5.10 Å². The van der Waals surface area contributed by atoms with E-state index in [2.05, 4.69) is 15.8 Å². The molecule has 1 heterocycles. The lowest BCUT2D eigenvalue weighted by atomic mass is 10.2. The number of rotatable bonds is 7. The molecule has 0 saturated carbocycles. The Morgan fingerprint density at radius 1 is 1.35 bits per heavy atom. The van der Waals surface area contributed by atoms with Crippen LogP contribution in [0.15, 0.2) is 46.1 Å². The minimum atomic E-state index is -0.645. The lowest BCUT2D eigenvalue weighted by Gasteiger charge is -2.05. The van der Waals surface area contributed by atoms with Gasteiger partial charge in [0.1, 0.15) is 10.8 Å². The molecule has 0 aliphatic rings. The summed E-state index contributed by atoms with van der Waals surface area (Å²) in [6.45, 7) is 1.84. The van der Waals surface area contributed by atoms with Gasteiger partial charge >= 0.3 is 0 Å². The van der Waals surface area contributed by atoms with Crippen LogP contribution in [0.3, 0.4) is 0 Å². The molecule has 136 valence electrons. The van der Waals surface area contributed by atoms with Crippen LogP contribution in [-0.4, -0.2) is 22.4 Å². The maximum Gasteiger partial charge on any atom is 0.287 e. The number of furan rings is 1. The van der Waals surface area contributed by atoms with Crippen LogP contribution in [-0.2, 0) is 11.3 Å². The van der Waals surface area contributed by atoms with Crippen molar-refractivity contribution in [3.05, 3.63) is 63.1 Å². The number of hydrogen-bond acceptors (Lipinski definition) is 6. The second-order valence-corrected chi connectivity index (χ2v) is 5.65. The highest BCUT2D eigenvalue weighted by molar-refractivity contribution is 6.33. The Hall–Kier alpha value is -3.20. The second-order valence-electron chi connectivity index (χ2n) is 5.24. The Balaban J connectivity index is 1.87. The molecular formula is C16H15ClN4O5. The molecule has 0 spiro atoms. The van der Waals surface area contributed by atoms with E-state index in [0.717, 1.165) is 6.07 Å². The number of hydrazone groups is 1. The summed E-state index contributed by atoms with van der Waals surface area (Å²) in [5, 5.41) is 17.0. The summed E-state index contributed by atoms with van der Waals surface area (Å²) in [6, 6.07) is 7.02. The van der Waals surface area contributed by atoms with Crippen LogP contribution in [0.25, 0.3) is 0 Å². The second kappa shape index (κ2) is 8.77. The van der Waals surface area contributed by atoms with Crippen molar-refractivity contribution < 1.29 is 18.9 Å². The van der Waals surface area contributed by atoms with Gasteiger partial charge < -0.3 is 9.73 Å². The van der Waals surface area contributed by atoms with Gasteiger partial charge in [-0.3, -0.25) is 19.7 Å². The average Bonchev–Trinajstić information content (AvgIpc) is 3.11. The fourth-order valence-corrected chi connectivity index (χ4v) is 2.19. The highest BCUT2D eigenvalue weighted by Crippen LogP contribution is 2.24. The summed E-state index contributed by atoms with van der Waals surface area (Å²) in [6.07, 6.45) is 1.50. The van der Waals surface area contributed by atoms with E-state index in [0.29, 0.717) is 11.5 Å². The first-order valence-electron chi connectivity index (χ1n) is 7.43. The van der Waals surface area contributed by atoms with Crippen molar-refractivity contribution >= 4 is 34.8 Å². The van der Waals surface area contributed by atoms with E-state index in [1.807, 2.05) is 0 Å². The molecule has 10 heteroatoms. The lowest BCUT2D eigenvalue weighted by molar-refractivity contribution is -0.384. The topological polar surface area (TPSA) is 127 Å². The number of carbonyl (C=O) groups excluding carboxylic acids is 2. The molecule has 2 N–H and O–H groups in total. The van der Waals surface area contributed by atoms with Gasteiger partial charge in [-0.25, -0.2) is 5.43 Å². The Labute approximate surface area is 153 Å². The van der Waals surface area contributed by atoms with Gasteiger partial charge in [0.15, 0.2) is 0 Å². The third-order valence-corrected chi connectivity index (χ3v) is 3.51. The highest BCUT2D eigenvalue weighted by Gasteiger charge is 2.15. The minimum absolute atomic E-state index is 0.0119. The van der Waals surface area contributed by atoms with E-state index in [1.165, 1.54) is 18.4 Å². The molecule has 0 bridgehead atoms. The summed E-state index contributed by atoms with van der Waals surface area (Å²) >= 11 is 5.76. The molecule has 0 saturated heterocycles. The number of nitrogens with one attached hydrogen (secondary N) is 2. The van der Waals surface area contributed by atoms with Crippen LogP contribution in [0, 0.1) is 10.1 Å². The van der Waals surface area contributed by atoms with Crippen LogP contribution in [0.2, 0.25) is 5.02 Å². The van der Waals surface area contributed by atoms with Crippen molar-refractivity contribution in [1.29, 1.82) is 0 Å². The number of halogens is 1. The maximum atomic E-state index is 12.0. The largest absolute Gasteiger partial charge is 0.467 e. The zero-order valence-electron chi connectivity index (χ0n) is 13.7. The van der Waals surface area contributed by atoms with Crippen molar-refractivity contribution in [1.82, 2.24) is 10.7 Å². The number of nitro benzene ring substituents is 1. The van der Waals surface area contributed by atoms with E-state index >= 15 is 0 Å². The van der Waals surface area contributed by atoms with Crippen molar-refractivity contribution in [2.75, 3.05) is 0 Å². The Morgan fingerprint density at radius 2 is 2.12 bits per heavy atom. The number of nitro groups is 1.